The highest BCUT2D eigenvalue weighted by molar-refractivity contribution is 9.10. The Morgan fingerprint density at radius 1 is 1.35 bits per heavy atom. The Morgan fingerprint density at radius 3 is 2.50 bits per heavy atom. The van der Waals surface area contributed by atoms with E-state index in [9.17, 15) is 9.50 Å². The fourth-order valence-corrected chi connectivity index (χ4v) is 2.85. The third-order valence-electron chi connectivity index (χ3n) is 3.44. The Bertz CT molecular complexity index is 431. The van der Waals surface area contributed by atoms with Gasteiger partial charge in [0.25, 0.3) is 0 Å². The molecule has 0 amide bonds. The Kier molecular flexibility index (Phi) is 9.02. The largest absolute Gasteiger partial charge is 0.506 e. The van der Waals surface area contributed by atoms with E-state index in [1.807, 2.05) is 0 Å². The molecule has 0 saturated carbocycles. The number of nitrogens with zero attached hydrogens (tertiary/aromatic N) is 1. The van der Waals surface area contributed by atoms with Crippen LogP contribution in [0, 0.1) is 5.82 Å². The maximum absolute atomic E-state index is 13.3. The number of aromatic hydroxyl groups is 1. The predicted octanol–water partition coefficient (Wildman–Crippen LogP) is 3.49. The Labute approximate surface area is 139 Å². The van der Waals surface area contributed by atoms with Crippen LogP contribution in [-0.4, -0.2) is 36.2 Å². The SMILES string of the molecule is CC[C@H](c1ccc(F)c(Br)c1O)N1CCNCC1.Cl.Cl. The number of nitrogens with one attached hydrogen (secondary N) is 1. The smallest absolute Gasteiger partial charge is 0.141 e. The molecule has 1 aromatic rings. The van der Waals surface area contributed by atoms with Crippen molar-refractivity contribution in [2.24, 2.45) is 0 Å². The van der Waals surface area contributed by atoms with Gasteiger partial charge >= 0.3 is 0 Å². The molecular formula is C13H20BrCl2FN2O. The molecule has 1 aliphatic heterocycles. The lowest BCUT2D eigenvalue weighted by atomic mass is 10.0. The molecule has 1 aliphatic rings. The first-order valence-electron chi connectivity index (χ1n) is 6.26. The number of rotatable bonds is 3. The molecule has 2 N–H and O–H groups in total. The van der Waals surface area contributed by atoms with E-state index < -0.39 is 5.82 Å². The van der Waals surface area contributed by atoms with Crippen LogP contribution in [0.15, 0.2) is 16.6 Å². The van der Waals surface area contributed by atoms with Crippen molar-refractivity contribution in [2.45, 2.75) is 19.4 Å². The summed E-state index contributed by atoms with van der Waals surface area (Å²) in [6.45, 7) is 5.91. The number of halogens is 4. The summed E-state index contributed by atoms with van der Waals surface area (Å²) in [6, 6.07) is 3.24. The zero-order chi connectivity index (χ0) is 13.1. The van der Waals surface area contributed by atoms with Gasteiger partial charge < -0.3 is 10.4 Å². The maximum Gasteiger partial charge on any atom is 0.141 e. The monoisotopic (exact) mass is 388 g/mol. The standard InChI is InChI=1S/C13H18BrFN2O.2ClH/c1-2-11(17-7-5-16-6-8-17)9-3-4-10(15)12(14)13(9)18;;/h3-4,11,16,18H,2,5-8H2,1H3;2*1H/t11-;;/m1../s1. The fraction of sp³-hybridized carbons (Fsp3) is 0.538. The lowest BCUT2D eigenvalue weighted by molar-refractivity contribution is 0.166. The molecule has 1 saturated heterocycles. The van der Waals surface area contributed by atoms with Gasteiger partial charge in [-0.1, -0.05) is 13.0 Å². The van der Waals surface area contributed by atoms with Gasteiger partial charge in [0.2, 0.25) is 0 Å². The van der Waals surface area contributed by atoms with Crippen LogP contribution in [0.5, 0.6) is 5.75 Å². The van der Waals surface area contributed by atoms with Crippen molar-refractivity contribution in [3.63, 3.8) is 0 Å². The number of hydrogen-bond acceptors (Lipinski definition) is 3. The molecule has 2 rings (SSSR count). The van der Waals surface area contributed by atoms with Crippen molar-refractivity contribution < 1.29 is 9.50 Å². The second-order valence-corrected chi connectivity index (χ2v) is 5.30. The molecule has 0 aromatic heterocycles. The van der Waals surface area contributed by atoms with E-state index in [4.69, 9.17) is 0 Å². The molecule has 3 nitrogen and oxygen atoms in total. The summed E-state index contributed by atoms with van der Waals surface area (Å²) in [5, 5.41) is 13.4. The van der Waals surface area contributed by atoms with E-state index in [0.29, 0.717) is 0 Å². The molecule has 7 heteroatoms. The van der Waals surface area contributed by atoms with E-state index in [1.54, 1.807) is 6.07 Å². The van der Waals surface area contributed by atoms with E-state index in [2.05, 4.69) is 33.1 Å². The predicted molar refractivity (Wildman–Crippen MR) is 87.7 cm³/mol. The summed E-state index contributed by atoms with van der Waals surface area (Å²) < 4.78 is 13.5. The van der Waals surface area contributed by atoms with Crippen LogP contribution in [-0.2, 0) is 0 Å². The van der Waals surface area contributed by atoms with Crippen LogP contribution in [0.3, 0.4) is 0 Å². The highest BCUT2D eigenvalue weighted by Crippen LogP contribution is 2.37. The summed E-state index contributed by atoms with van der Waals surface area (Å²) in [6.07, 6.45) is 0.894. The van der Waals surface area contributed by atoms with Crippen molar-refractivity contribution in [1.82, 2.24) is 10.2 Å². The Morgan fingerprint density at radius 2 is 1.95 bits per heavy atom. The molecule has 1 heterocycles. The van der Waals surface area contributed by atoms with Crippen LogP contribution < -0.4 is 5.32 Å². The highest BCUT2D eigenvalue weighted by atomic mass is 79.9. The van der Waals surface area contributed by atoms with Crippen molar-refractivity contribution in [3.8, 4) is 5.75 Å². The average Bonchev–Trinajstić information content (AvgIpc) is 2.41. The second kappa shape index (κ2) is 9.05. The lowest BCUT2D eigenvalue weighted by Gasteiger charge is -2.35. The third kappa shape index (κ3) is 4.21. The zero-order valence-electron chi connectivity index (χ0n) is 11.2. The van der Waals surface area contributed by atoms with Gasteiger partial charge in [-0.05, 0) is 28.4 Å². The molecule has 1 aromatic carbocycles. The first kappa shape index (κ1) is 19.9. The fourth-order valence-electron chi connectivity index (χ4n) is 2.49. The van der Waals surface area contributed by atoms with Gasteiger partial charge in [-0.25, -0.2) is 4.39 Å². The summed E-state index contributed by atoms with van der Waals surface area (Å²) in [5.41, 5.74) is 0.799. The normalized spacial score (nSPS) is 16.9. The van der Waals surface area contributed by atoms with Gasteiger partial charge in [0.05, 0.1) is 4.47 Å². The minimum atomic E-state index is -0.425. The summed E-state index contributed by atoms with van der Waals surface area (Å²) in [7, 11) is 0. The molecule has 116 valence electrons. The number of piperazine rings is 1. The third-order valence-corrected chi connectivity index (χ3v) is 4.19. The number of phenolic OH excluding ortho intramolecular Hbond substituents is 1. The van der Waals surface area contributed by atoms with Crippen molar-refractivity contribution >= 4 is 40.7 Å². The Balaban J connectivity index is 0.00000180. The first-order valence-corrected chi connectivity index (χ1v) is 7.06. The van der Waals surface area contributed by atoms with Crippen LogP contribution in [0.4, 0.5) is 4.39 Å². The summed E-state index contributed by atoms with van der Waals surface area (Å²) in [4.78, 5) is 2.33. The van der Waals surface area contributed by atoms with Crippen molar-refractivity contribution in [2.75, 3.05) is 26.2 Å². The second-order valence-electron chi connectivity index (χ2n) is 4.51. The Hall–Kier alpha value is -0.0700. The minimum absolute atomic E-state index is 0. The van der Waals surface area contributed by atoms with E-state index in [1.165, 1.54) is 6.07 Å². The quantitative estimate of drug-likeness (QED) is 0.830. The molecular weight excluding hydrogens is 370 g/mol. The van der Waals surface area contributed by atoms with Crippen LogP contribution >= 0.6 is 40.7 Å². The van der Waals surface area contributed by atoms with Gasteiger partial charge in [-0.15, -0.1) is 24.8 Å². The number of hydrogen-bond donors (Lipinski definition) is 2. The van der Waals surface area contributed by atoms with Gasteiger partial charge in [-0.3, -0.25) is 4.90 Å². The number of benzene rings is 1. The van der Waals surface area contributed by atoms with Crippen LogP contribution in [0.1, 0.15) is 24.9 Å². The topological polar surface area (TPSA) is 35.5 Å². The highest BCUT2D eigenvalue weighted by Gasteiger charge is 2.24. The zero-order valence-corrected chi connectivity index (χ0v) is 14.5. The van der Waals surface area contributed by atoms with Crippen molar-refractivity contribution in [3.05, 3.63) is 28.0 Å². The molecule has 20 heavy (non-hydrogen) atoms. The van der Waals surface area contributed by atoms with Crippen LogP contribution in [0.2, 0.25) is 0 Å². The van der Waals surface area contributed by atoms with Gasteiger partial charge in [0.15, 0.2) is 0 Å². The minimum Gasteiger partial charge on any atom is -0.506 e. The first-order chi connectivity index (χ1) is 8.65. The lowest BCUT2D eigenvalue weighted by Crippen LogP contribution is -2.45. The summed E-state index contributed by atoms with van der Waals surface area (Å²) in [5.74, 6) is -0.396. The van der Waals surface area contributed by atoms with Gasteiger partial charge in [0.1, 0.15) is 11.6 Å². The number of phenols is 1. The molecule has 0 spiro atoms. The summed E-state index contributed by atoms with van der Waals surface area (Å²) >= 11 is 3.10. The van der Waals surface area contributed by atoms with E-state index >= 15 is 0 Å². The molecule has 1 fully saturated rings. The molecule has 0 radical (unpaired) electrons. The molecule has 0 aliphatic carbocycles. The average molecular weight is 390 g/mol. The maximum atomic E-state index is 13.3. The van der Waals surface area contributed by atoms with Gasteiger partial charge in [-0.2, -0.15) is 0 Å². The van der Waals surface area contributed by atoms with E-state index in [-0.39, 0.29) is 41.1 Å². The molecule has 0 bridgehead atoms. The van der Waals surface area contributed by atoms with E-state index in [0.717, 1.165) is 38.2 Å². The van der Waals surface area contributed by atoms with Crippen LogP contribution in [0.25, 0.3) is 0 Å². The molecule has 0 unspecified atom stereocenters. The van der Waals surface area contributed by atoms with Crippen molar-refractivity contribution in [1.29, 1.82) is 0 Å². The molecule has 1 atom stereocenters. The van der Waals surface area contributed by atoms with Gasteiger partial charge in [0, 0.05) is 37.8 Å².